The van der Waals surface area contributed by atoms with Gasteiger partial charge in [0.15, 0.2) is 0 Å². The van der Waals surface area contributed by atoms with E-state index in [0.29, 0.717) is 18.4 Å². The second-order valence-corrected chi connectivity index (χ2v) is 4.77. The molecule has 0 saturated heterocycles. The molecule has 0 heterocycles. The Morgan fingerprint density at radius 1 is 1.33 bits per heavy atom. The van der Waals surface area contributed by atoms with Crippen LogP contribution in [0.3, 0.4) is 0 Å². The van der Waals surface area contributed by atoms with Gasteiger partial charge in [0.2, 0.25) is 0 Å². The molecule has 1 aliphatic carbocycles. The summed E-state index contributed by atoms with van der Waals surface area (Å²) in [5.41, 5.74) is 0.363. The first-order chi connectivity index (χ1) is 8.40. The minimum Gasteiger partial charge on any atom is -0.462 e. The first kappa shape index (κ1) is 14.7. The average Bonchev–Trinajstić information content (AvgIpc) is 2.28. The van der Waals surface area contributed by atoms with E-state index in [1.807, 2.05) is 0 Å². The van der Waals surface area contributed by atoms with Crippen LogP contribution in [0.25, 0.3) is 0 Å². The van der Waals surface area contributed by atoms with Gasteiger partial charge in [-0.2, -0.15) is 0 Å². The second kappa shape index (κ2) is 6.54. The molecule has 0 amide bonds. The fourth-order valence-corrected chi connectivity index (χ4v) is 2.00. The van der Waals surface area contributed by atoms with Gasteiger partial charge in [0, 0.05) is 12.5 Å². The zero-order valence-corrected chi connectivity index (χ0v) is 10.8. The van der Waals surface area contributed by atoms with E-state index in [1.165, 1.54) is 6.92 Å². The number of hydrogen-bond acceptors (Lipinski definition) is 5. The number of aliphatic hydroxyl groups is 1. The van der Waals surface area contributed by atoms with E-state index >= 15 is 0 Å². The fraction of sp³-hybridized carbons (Fsp3) is 0.692. The molecule has 102 valence electrons. The molecule has 1 saturated carbocycles. The lowest BCUT2D eigenvalue weighted by molar-refractivity contribution is -0.158. The molecule has 1 N–H and O–H groups in total. The highest BCUT2D eigenvalue weighted by atomic mass is 16.6. The second-order valence-electron chi connectivity index (χ2n) is 4.77. The number of ether oxygens (including phenoxy) is 2. The van der Waals surface area contributed by atoms with Crippen molar-refractivity contribution in [2.75, 3.05) is 6.61 Å². The molecule has 0 aromatic rings. The number of carbonyl (C=O) groups excluding carboxylic acids is 2. The van der Waals surface area contributed by atoms with Crippen LogP contribution in [-0.4, -0.2) is 35.9 Å². The van der Waals surface area contributed by atoms with Crippen molar-refractivity contribution in [3.05, 3.63) is 12.2 Å². The molecule has 5 heteroatoms. The van der Waals surface area contributed by atoms with Gasteiger partial charge in [-0.25, -0.2) is 4.79 Å². The molecular formula is C13H20O5. The van der Waals surface area contributed by atoms with Gasteiger partial charge < -0.3 is 14.6 Å². The van der Waals surface area contributed by atoms with Gasteiger partial charge in [-0.1, -0.05) is 6.58 Å². The van der Waals surface area contributed by atoms with Crippen LogP contribution >= 0.6 is 0 Å². The van der Waals surface area contributed by atoms with Gasteiger partial charge in [-0.15, -0.1) is 0 Å². The molecule has 5 nitrogen and oxygen atoms in total. The highest BCUT2D eigenvalue weighted by Gasteiger charge is 2.32. The summed E-state index contributed by atoms with van der Waals surface area (Å²) in [7, 11) is 0. The number of hydrogen-bond donors (Lipinski definition) is 1. The lowest BCUT2D eigenvalue weighted by atomic mass is 9.86. The fourth-order valence-electron chi connectivity index (χ4n) is 2.00. The monoisotopic (exact) mass is 256 g/mol. The van der Waals surface area contributed by atoms with Crippen molar-refractivity contribution in [1.29, 1.82) is 0 Å². The highest BCUT2D eigenvalue weighted by Crippen LogP contribution is 2.27. The van der Waals surface area contributed by atoms with Crippen LogP contribution < -0.4 is 0 Å². The Morgan fingerprint density at radius 2 is 2.00 bits per heavy atom. The van der Waals surface area contributed by atoms with Crippen molar-refractivity contribution in [2.45, 2.75) is 45.3 Å². The number of esters is 2. The maximum absolute atomic E-state index is 11.3. The smallest absolute Gasteiger partial charge is 0.333 e. The highest BCUT2D eigenvalue weighted by molar-refractivity contribution is 5.86. The van der Waals surface area contributed by atoms with Crippen LogP contribution in [0.2, 0.25) is 0 Å². The summed E-state index contributed by atoms with van der Waals surface area (Å²) in [6.45, 7) is 6.68. The third-order valence-electron chi connectivity index (χ3n) is 2.98. The summed E-state index contributed by atoms with van der Waals surface area (Å²) in [5, 5.41) is 9.70. The first-order valence-corrected chi connectivity index (χ1v) is 6.08. The normalized spacial score (nSPS) is 27.4. The predicted octanol–water partition coefficient (Wildman–Crippen LogP) is 1.20. The van der Waals surface area contributed by atoms with E-state index < -0.39 is 24.1 Å². The van der Waals surface area contributed by atoms with Gasteiger partial charge in [0.05, 0.1) is 12.7 Å². The predicted molar refractivity (Wildman–Crippen MR) is 64.7 cm³/mol. The van der Waals surface area contributed by atoms with E-state index in [9.17, 15) is 14.7 Å². The van der Waals surface area contributed by atoms with Crippen LogP contribution in [-0.2, 0) is 19.1 Å². The Bertz CT molecular complexity index is 336. The zero-order chi connectivity index (χ0) is 13.7. The molecule has 0 spiro atoms. The van der Waals surface area contributed by atoms with Crippen LogP contribution in [0.1, 0.15) is 33.1 Å². The zero-order valence-electron chi connectivity index (χ0n) is 10.8. The van der Waals surface area contributed by atoms with E-state index in [4.69, 9.17) is 9.47 Å². The number of rotatable bonds is 4. The summed E-state index contributed by atoms with van der Waals surface area (Å²) < 4.78 is 10.1. The van der Waals surface area contributed by atoms with Gasteiger partial charge in [0.25, 0.3) is 0 Å². The summed E-state index contributed by atoms with van der Waals surface area (Å²) >= 11 is 0. The molecule has 1 rings (SSSR count). The third kappa shape index (κ3) is 4.49. The molecule has 0 bridgehead atoms. The summed E-state index contributed by atoms with van der Waals surface area (Å²) in [6, 6.07) is 0. The number of carbonyl (C=O) groups is 2. The van der Waals surface area contributed by atoms with E-state index in [-0.39, 0.29) is 12.5 Å². The van der Waals surface area contributed by atoms with Crippen molar-refractivity contribution >= 4 is 11.9 Å². The Hall–Kier alpha value is -1.36. The molecule has 0 aromatic heterocycles. The van der Waals surface area contributed by atoms with Crippen molar-refractivity contribution in [2.24, 2.45) is 5.92 Å². The topological polar surface area (TPSA) is 72.8 Å². The number of aliphatic hydroxyl groups excluding tert-OH is 1. The van der Waals surface area contributed by atoms with Crippen LogP contribution in [0.5, 0.6) is 0 Å². The quantitative estimate of drug-likeness (QED) is 0.604. The maximum Gasteiger partial charge on any atom is 0.333 e. The Kier molecular flexibility index (Phi) is 5.34. The molecule has 1 aliphatic rings. The van der Waals surface area contributed by atoms with Gasteiger partial charge in [0.1, 0.15) is 6.10 Å². The van der Waals surface area contributed by atoms with Crippen molar-refractivity contribution in [3.63, 3.8) is 0 Å². The third-order valence-corrected chi connectivity index (χ3v) is 2.98. The SMILES string of the molecule is C=C(C)C(=O)OCC1CCC(O)C(OC(C)=O)C1. The summed E-state index contributed by atoms with van der Waals surface area (Å²) in [5.74, 6) is -0.704. The molecule has 18 heavy (non-hydrogen) atoms. The Morgan fingerprint density at radius 3 is 2.56 bits per heavy atom. The molecule has 1 fully saturated rings. The van der Waals surface area contributed by atoms with Gasteiger partial charge in [-0.3, -0.25) is 4.79 Å². The van der Waals surface area contributed by atoms with E-state index in [1.54, 1.807) is 6.92 Å². The standard InChI is InChI=1S/C13H20O5/c1-8(2)13(16)17-7-10-4-5-11(15)12(6-10)18-9(3)14/h10-12,15H,1,4-7H2,2-3H3. The van der Waals surface area contributed by atoms with E-state index in [0.717, 1.165) is 6.42 Å². The van der Waals surface area contributed by atoms with Gasteiger partial charge in [-0.05, 0) is 32.1 Å². The maximum atomic E-state index is 11.3. The molecule has 3 unspecified atom stereocenters. The van der Waals surface area contributed by atoms with E-state index in [2.05, 4.69) is 6.58 Å². The Labute approximate surface area is 107 Å². The Balaban J connectivity index is 2.42. The summed E-state index contributed by atoms with van der Waals surface area (Å²) in [4.78, 5) is 22.1. The van der Waals surface area contributed by atoms with Crippen molar-refractivity contribution in [3.8, 4) is 0 Å². The molecule has 0 aliphatic heterocycles. The minimum atomic E-state index is -0.623. The average molecular weight is 256 g/mol. The molecule has 0 aromatic carbocycles. The first-order valence-electron chi connectivity index (χ1n) is 6.08. The van der Waals surface area contributed by atoms with Crippen LogP contribution in [0.4, 0.5) is 0 Å². The van der Waals surface area contributed by atoms with Crippen molar-refractivity contribution in [1.82, 2.24) is 0 Å². The van der Waals surface area contributed by atoms with Crippen LogP contribution in [0.15, 0.2) is 12.2 Å². The molecule has 0 radical (unpaired) electrons. The lowest BCUT2D eigenvalue weighted by Gasteiger charge is -2.32. The molecular weight excluding hydrogens is 236 g/mol. The van der Waals surface area contributed by atoms with Crippen molar-refractivity contribution < 1.29 is 24.2 Å². The van der Waals surface area contributed by atoms with Crippen LogP contribution in [0, 0.1) is 5.92 Å². The van der Waals surface area contributed by atoms with Gasteiger partial charge >= 0.3 is 11.9 Å². The minimum absolute atomic E-state index is 0.112. The molecule has 3 atom stereocenters. The lowest BCUT2D eigenvalue weighted by Crippen LogP contribution is -2.38. The summed E-state index contributed by atoms with van der Waals surface area (Å²) in [6.07, 6.45) is 0.701. The largest absolute Gasteiger partial charge is 0.462 e.